The first-order valence-electron chi connectivity index (χ1n) is 6.54. The lowest BCUT2D eigenvalue weighted by Crippen LogP contribution is -2.35. The van der Waals surface area contributed by atoms with Gasteiger partial charge in [0.25, 0.3) is 5.91 Å². The SMILES string of the molecule is CCN(CC1CCOC1)C(=O)c1cc(Cl)ccc1N. The molecule has 1 heterocycles. The van der Waals surface area contributed by atoms with Crippen molar-refractivity contribution in [1.29, 1.82) is 0 Å². The minimum absolute atomic E-state index is 0.0607. The molecule has 0 radical (unpaired) electrons. The number of halogens is 1. The Morgan fingerprint density at radius 2 is 2.37 bits per heavy atom. The van der Waals surface area contributed by atoms with Crippen molar-refractivity contribution in [2.45, 2.75) is 13.3 Å². The van der Waals surface area contributed by atoms with Crippen LogP contribution < -0.4 is 5.73 Å². The minimum Gasteiger partial charge on any atom is -0.398 e. The normalized spacial score (nSPS) is 18.5. The van der Waals surface area contributed by atoms with E-state index in [1.807, 2.05) is 6.92 Å². The third kappa shape index (κ3) is 3.39. The number of hydrogen-bond donors (Lipinski definition) is 1. The summed E-state index contributed by atoms with van der Waals surface area (Å²) >= 11 is 5.93. The van der Waals surface area contributed by atoms with E-state index in [0.29, 0.717) is 35.3 Å². The highest BCUT2D eigenvalue weighted by molar-refractivity contribution is 6.31. The number of benzene rings is 1. The Balaban J connectivity index is 2.12. The van der Waals surface area contributed by atoms with E-state index in [9.17, 15) is 4.79 Å². The van der Waals surface area contributed by atoms with Gasteiger partial charge in [-0.15, -0.1) is 0 Å². The topological polar surface area (TPSA) is 55.6 Å². The molecule has 1 atom stereocenters. The number of amides is 1. The summed E-state index contributed by atoms with van der Waals surface area (Å²) in [5.74, 6) is 0.360. The molecule has 2 N–H and O–H groups in total. The summed E-state index contributed by atoms with van der Waals surface area (Å²) in [5.41, 5.74) is 6.81. The Bertz CT molecular complexity index is 459. The summed E-state index contributed by atoms with van der Waals surface area (Å²) in [6, 6.07) is 4.99. The number of nitrogen functional groups attached to an aromatic ring is 1. The van der Waals surface area contributed by atoms with Gasteiger partial charge < -0.3 is 15.4 Å². The maximum Gasteiger partial charge on any atom is 0.255 e. The molecule has 1 aromatic rings. The maximum absolute atomic E-state index is 12.5. The second-order valence-electron chi connectivity index (χ2n) is 4.80. The molecule has 0 saturated carbocycles. The van der Waals surface area contributed by atoms with Crippen LogP contribution in [-0.2, 0) is 4.74 Å². The van der Waals surface area contributed by atoms with Crippen LogP contribution in [0.1, 0.15) is 23.7 Å². The second-order valence-corrected chi connectivity index (χ2v) is 5.24. The lowest BCUT2D eigenvalue weighted by molar-refractivity contribution is 0.0732. The largest absolute Gasteiger partial charge is 0.398 e. The van der Waals surface area contributed by atoms with Crippen molar-refractivity contribution >= 4 is 23.2 Å². The van der Waals surface area contributed by atoms with E-state index < -0.39 is 0 Å². The predicted octanol–water partition coefficient (Wildman–Crippen LogP) is 2.42. The van der Waals surface area contributed by atoms with Gasteiger partial charge in [0.2, 0.25) is 0 Å². The Kier molecular flexibility index (Phi) is 4.66. The number of rotatable bonds is 4. The number of nitrogens with zero attached hydrogens (tertiary/aromatic N) is 1. The van der Waals surface area contributed by atoms with Crippen molar-refractivity contribution in [2.75, 3.05) is 32.0 Å². The zero-order valence-corrected chi connectivity index (χ0v) is 11.8. The fourth-order valence-corrected chi connectivity index (χ4v) is 2.45. The quantitative estimate of drug-likeness (QED) is 0.863. The Morgan fingerprint density at radius 1 is 1.58 bits per heavy atom. The molecule has 1 fully saturated rings. The van der Waals surface area contributed by atoms with Crippen molar-refractivity contribution in [3.8, 4) is 0 Å². The van der Waals surface area contributed by atoms with Gasteiger partial charge in [-0.25, -0.2) is 0 Å². The first-order valence-corrected chi connectivity index (χ1v) is 6.91. The highest BCUT2D eigenvalue weighted by atomic mass is 35.5. The van der Waals surface area contributed by atoms with E-state index in [4.69, 9.17) is 22.1 Å². The van der Waals surface area contributed by atoms with Gasteiger partial charge in [-0.1, -0.05) is 11.6 Å². The lowest BCUT2D eigenvalue weighted by atomic mass is 10.1. The zero-order chi connectivity index (χ0) is 13.8. The molecule has 1 unspecified atom stereocenters. The molecule has 19 heavy (non-hydrogen) atoms. The van der Waals surface area contributed by atoms with E-state index in [1.165, 1.54) is 0 Å². The van der Waals surface area contributed by atoms with Gasteiger partial charge in [0.15, 0.2) is 0 Å². The van der Waals surface area contributed by atoms with Crippen LogP contribution in [0.15, 0.2) is 18.2 Å². The smallest absolute Gasteiger partial charge is 0.255 e. The van der Waals surface area contributed by atoms with Gasteiger partial charge in [-0.05, 0) is 31.5 Å². The summed E-state index contributed by atoms with van der Waals surface area (Å²) < 4.78 is 5.35. The van der Waals surface area contributed by atoms with Crippen molar-refractivity contribution in [3.63, 3.8) is 0 Å². The van der Waals surface area contributed by atoms with Crippen molar-refractivity contribution in [3.05, 3.63) is 28.8 Å². The molecule has 0 spiro atoms. The molecule has 1 saturated heterocycles. The first kappa shape index (κ1) is 14.2. The molecule has 1 aliphatic rings. The van der Waals surface area contributed by atoms with Gasteiger partial charge in [-0.2, -0.15) is 0 Å². The number of carbonyl (C=O) groups is 1. The Labute approximate surface area is 118 Å². The highest BCUT2D eigenvalue weighted by Crippen LogP contribution is 2.21. The fraction of sp³-hybridized carbons (Fsp3) is 0.500. The van der Waals surface area contributed by atoms with Crippen LogP contribution in [0.4, 0.5) is 5.69 Å². The maximum atomic E-state index is 12.5. The van der Waals surface area contributed by atoms with E-state index in [1.54, 1.807) is 23.1 Å². The molecule has 2 rings (SSSR count). The molecular formula is C14H19ClN2O2. The van der Waals surface area contributed by atoms with Crippen molar-refractivity contribution in [2.24, 2.45) is 5.92 Å². The van der Waals surface area contributed by atoms with E-state index in [0.717, 1.165) is 19.6 Å². The van der Waals surface area contributed by atoms with Gasteiger partial charge in [0.1, 0.15) is 0 Å². The highest BCUT2D eigenvalue weighted by Gasteiger charge is 2.23. The van der Waals surface area contributed by atoms with Crippen LogP contribution in [0.25, 0.3) is 0 Å². The van der Waals surface area contributed by atoms with Crippen LogP contribution in [-0.4, -0.2) is 37.1 Å². The van der Waals surface area contributed by atoms with E-state index >= 15 is 0 Å². The van der Waals surface area contributed by atoms with Crippen LogP contribution in [0.3, 0.4) is 0 Å². The van der Waals surface area contributed by atoms with Gasteiger partial charge in [0.05, 0.1) is 12.2 Å². The third-order valence-electron chi connectivity index (χ3n) is 3.42. The summed E-state index contributed by atoms with van der Waals surface area (Å²) in [5, 5.41) is 0.526. The predicted molar refractivity (Wildman–Crippen MR) is 76.4 cm³/mol. The number of carbonyl (C=O) groups excluding carboxylic acids is 1. The molecule has 5 heteroatoms. The molecule has 0 bridgehead atoms. The van der Waals surface area contributed by atoms with Crippen LogP contribution in [0.5, 0.6) is 0 Å². The molecule has 1 aliphatic heterocycles. The Hall–Kier alpha value is -1.26. The van der Waals surface area contributed by atoms with E-state index in [2.05, 4.69) is 0 Å². The van der Waals surface area contributed by atoms with Crippen LogP contribution in [0, 0.1) is 5.92 Å². The standard InChI is InChI=1S/C14H19ClN2O2/c1-2-17(8-10-5-6-19-9-10)14(18)12-7-11(15)3-4-13(12)16/h3-4,7,10H,2,5-6,8-9,16H2,1H3. The van der Waals surface area contributed by atoms with Gasteiger partial charge in [0, 0.05) is 36.3 Å². The average Bonchev–Trinajstić information content (AvgIpc) is 2.91. The average molecular weight is 283 g/mol. The van der Waals surface area contributed by atoms with Crippen molar-refractivity contribution < 1.29 is 9.53 Å². The first-order chi connectivity index (χ1) is 9.11. The number of hydrogen-bond acceptors (Lipinski definition) is 3. The summed E-state index contributed by atoms with van der Waals surface area (Å²) in [7, 11) is 0. The molecule has 0 aromatic heterocycles. The molecule has 104 valence electrons. The monoisotopic (exact) mass is 282 g/mol. The molecular weight excluding hydrogens is 264 g/mol. The van der Waals surface area contributed by atoms with Crippen LogP contribution >= 0.6 is 11.6 Å². The molecule has 0 aliphatic carbocycles. The Morgan fingerprint density at radius 3 is 3.00 bits per heavy atom. The van der Waals surface area contributed by atoms with Crippen molar-refractivity contribution in [1.82, 2.24) is 4.90 Å². The lowest BCUT2D eigenvalue weighted by Gasteiger charge is -2.24. The van der Waals surface area contributed by atoms with Gasteiger partial charge >= 0.3 is 0 Å². The molecule has 1 amide bonds. The second kappa shape index (κ2) is 6.26. The molecule has 4 nitrogen and oxygen atoms in total. The number of anilines is 1. The minimum atomic E-state index is -0.0607. The number of nitrogens with two attached hydrogens (primary N) is 1. The third-order valence-corrected chi connectivity index (χ3v) is 3.65. The summed E-state index contributed by atoms with van der Waals surface area (Å²) in [4.78, 5) is 14.3. The van der Waals surface area contributed by atoms with E-state index in [-0.39, 0.29) is 5.91 Å². The summed E-state index contributed by atoms with van der Waals surface area (Å²) in [6.07, 6.45) is 1.01. The molecule has 1 aromatic carbocycles. The zero-order valence-electron chi connectivity index (χ0n) is 11.1. The van der Waals surface area contributed by atoms with Gasteiger partial charge in [-0.3, -0.25) is 4.79 Å². The number of ether oxygens (including phenoxy) is 1. The summed E-state index contributed by atoms with van der Waals surface area (Å²) in [6.45, 7) is 4.85. The fourth-order valence-electron chi connectivity index (χ4n) is 2.28. The van der Waals surface area contributed by atoms with Crippen LogP contribution in [0.2, 0.25) is 5.02 Å².